The minimum absolute atomic E-state index is 0.329. The van der Waals surface area contributed by atoms with E-state index in [1.165, 1.54) is 52.1 Å². The summed E-state index contributed by atoms with van der Waals surface area (Å²) in [6, 6.07) is 0. The van der Waals surface area contributed by atoms with Crippen LogP contribution in [0.3, 0.4) is 0 Å². The van der Waals surface area contributed by atoms with E-state index in [1.807, 2.05) is 6.92 Å². The normalized spacial score (nSPS) is 23.0. The van der Waals surface area contributed by atoms with Gasteiger partial charge in [-0.2, -0.15) is 0 Å². The number of likely N-dealkylation sites (tertiary alicyclic amines) is 1. The molecule has 122 valence electrons. The molecule has 0 unspecified atom stereocenters. The molecule has 0 aliphatic carbocycles. The maximum absolute atomic E-state index is 11.7. The summed E-state index contributed by atoms with van der Waals surface area (Å²) in [7, 11) is 0. The second kappa shape index (κ2) is 8.14. The van der Waals surface area contributed by atoms with Crippen molar-refractivity contribution in [1.82, 2.24) is 14.7 Å². The van der Waals surface area contributed by atoms with Gasteiger partial charge in [0.15, 0.2) is 0 Å². The number of rotatable bonds is 5. The Morgan fingerprint density at radius 1 is 1.00 bits per heavy atom. The molecule has 0 radical (unpaired) electrons. The molecule has 2 aliphatic rings. The third-order valence-electron chi connectivity index (χ3n) is 4.87. The molecule has 2 rings (SSSR count). The van der Waals surface area contributed by atoms with Crippen LogP contribution in [0.5, 0.6) is 0 Å². The highest BCUT2D eigenvalue weighted by atomic mass is 16.2. The molecular formula is C17H33N3O. The van der Waals surface area contributed by atoms with Crippen LogP contribution in [0.1, 0.15) is 40.0 Å². The topological polar surface area (TPSA) is 26.8 Å². The molecule has 4 nitrogen and oxygen atoms in total. The third-order valence-corrected chi connectivity index (χ3v) is 4.87. The Labute approximate surface area is 130 Å². The van der Waals surface area contributed by atoms with Gasteiger partial charge in [0, 0.05) is 58.8 Å². The molecule has 0 aromatic carbocycles. The van der Waals surface area contributed by atoms with Gasteiger partial charge in [0.05, 0.1) is 0 Å². The highest BCUT2D eigenvalue weighted by Gasteiger charge is 2.25. The fraction of sp³-hybridized carbons (Fsp3) is 0.941. The third kappa shape index (κ3) is 5.26. The van der Waals surface area contributed by atoms with Gasteiger partial charge in [0.1, 0.15) is 0 Å². The fourth-order valence-electron chi connectivity index (χ4n) is 3.62. The average molecular weight is 295 g/mol. The van der Waals surface area contributed by atoms with Crippen molar-refractivity contribution in [3.63, 3.8) is 0 Å². The number of carbonyl (C=O) groups is 1. The molecule has 0 spiro atoms. The summed E-state index contributed by atoms with van der Waals surface area (Å²) in [5, 5.41) is 0. The van der Waals surface area contributed by atoms with Crippen LogP contribution >= 0.6 is 0 Å². The minimum Gasteiger partial charge on any atom is -0.343 e. The standard InChI is InChI=1S/C17H33N3O/c1-4-17(21)20-7-5-16(6-8-20)14-19-11-9-18(10-12-19)13-15(2)3/h15-16H,4-14H2,1-3H3. The molecule has 0 bridgehead atoms. The molecule has 2 heterocycles. The van der Waals surface area contributed by atoms with Crippen molar-refractivity contribution in [3.8, 4) is 0 Å². The zero-order chi connectivity index (χ0) is 15.2. The first kappa shape index (κ1) is 16.8. The highest BCUT2D eigenvalue weighted by Crippen LogP contribution is 2.19. The Morgan fingerprint density at radius 3 is 2.10 bits per heavy atom. The van der Waals surface area contributed by atoms with Gasteiger partial charge in [0.2, 0.25) is 5.91 Å². The number of hydrogen-bond acceptors (Lipinski definition) is 3. The highest BCUT2D eigenvalue weighted by molar-refractivity contribution is 5.75. The van der Waals surface area contributed by atoms with Gasteiger partial charge in [-0.15, -0.1) is 0 Å². The van der Waals surface area contributed by atoms with E-state index in [1.54, 1.807) is 0 Å². The van der Waals surface area contributed by atoms with E-state index in [2.05, 4.69) is 28.5 Å². The molecule has 2 aliphatic heterocycles. The van der Waals surface area contributed by atoms with Crippen molar-refractivity contribution in [2.45, 2.75) is 40.0 Å². The van der Waals surface area contributed by atoms with Crippen molar-refractivity contribution in [3.05, 3.63) is 0 Å². The molecular weight excluding hydrogens is 262 g/mol. The smallest absolute Gasteiger partial charge is 0.222 e. The Hall–Kier alpha value is -0.610. The van der Waals surface area contributed by atoms with Gasteiger partial charge in [-0.1, -0.05) is 20.8 Å². The van der Waals surface area contributed by atoms with E-state index in [4.69, 9.17) is 0 Å². The van der Waals surface area contributed by atoms with E-state index in [9.17, 15) is 4.79 Å². The molecule has 0 aromatic heterocycles. The largest absolute Gasteiger partial charge is 0.343 e. The van der Waals surface area contributed by atoms with E-state index >= 15 is 0 Å². The number of carbonyl (C=O) groups excluding carboxylic acids is 1. The summed E-state index contributed by atoms with van der Waals surface area (Å²) < 4.78 is 0. The van der Waals surface area contributed by atoms with E-state index in [0.717, 1.165) is 24.9 Å². The Morgan fingerprint density at radius 2 is 1.57 bits per heavy atom. The molecule has 0 atom stereocenters. The summed E-state index contributed by atoms with van der Waals surface area (Å²) in [6.45, 7) is 15.9. The van der Waals surface area contributed by atoms with Crippen molar-refractivity contribution >= 4 is 5.91 Å². The van der Waals surface area contributed by atoms with Gasteiger partial charge < -0.3 is 14.7 Å². The quantitative estimate of drug-likeness (QED) is 0.775. The Balaban J connectivity index is 1.65. The van der Waals surface area contributed by atoms with Gasteiger partial charge >= 0.3 is 0 Å². The van der Waals surface area contributed by atoms with E-state index < -0.39 is 0 Å². The zero-order valence-electron chi connectivity index (χ0n) is 14.2. The van der Waals surface area contributed by atoms with E-state index in [0.29, 0.717) is 12.3 Å². The second-order valence-electron chi connectivity index (χ2n) is 7.17. The minimum atomic E-state index is 0.329. The summed E-state index contributed by atoms with van der Waals surface area (Å²) in [4.78, 5) is 19.0. The van der Waals surface area contributed by atoms with Crippen molar-refractivity contribution in [2.24, 2.45) is 11.8 Å². The van der Waals surface area contributed by atoms with Gasteiger partial charge in [-0.05, 0) is 24.7 Å². The van der Waals surface area contributed by atoms with Crippen LogP contribution in [0.2, 0.25) is 0 Å². The maximum atomic E-state index is 11.7. The number of piperidine rings is 1. The summed E-state index contributed by atoms with van der Waals surface area (Å²) in [6.07, 6.45) is 3.04. The average Bonchev–Trinajstić information content (AvgIpc) is 2.49. The number of hydrogen-bond donors (Lipinski definition) is 0. The molecule has 0 aromatic rings. The monoisotopic (exact) mass is 295 g/mol. The molecule has 2 saturated heterocycles. The van der Waals surface area contributed by atoms with Crippen molar-refractivity contribution in [1.29, 1.82) is 0 Å². The summed E-state index contributed by atoms with van der Waals surface area (Å²) >= 11 is 0. The summed E-state index contributed by atoms with van der Waals surface area (Å²) in [5.74, 6) is 1.90. The lowest BCUT2D eigenvalue weighted by Crippen LogP contribution is -2.49. The number of amides is 1. The molecule has 21 heavy (non-hydrogen) atoms. The van der Waals surface area contributed by atoms with Crippen LogP contribution in [0.15, 0.2) is 0 Å². The van der Waals surface area contributed by atoms with Gasteiger partial charge in [-0.25, -0.2) is 0 Å². The fourth-order valence-corrected chi connectivity index (χ4v) is 3.62. The molecule has 0 saturated carbocycles. The zero-order valence-corrected chi connectivity index (χ0v) is 14.2. The first-order chi connectivity index (χ1) is 10.1. The second-order valence-corrected chi connectivity index (χ2v) is 7.17. The number of piperazine rings is 1. The SMILES string of the molecule is CCC(=O)N1CCC(CN2CCN(CC(C)C)CC2)CC1. The first-order valence-electron chi connectivity index (χ1n) is 8.81. The first-order valence-corrected chi connectivity index (χ1v) is 8.81. The molecule has 2 fully saturated rings. The van der Waals surface area contributed by atoms with Crippen LogP contribution < -0.4 is 0 Å². The van der Waals surface area contributed by atoms with Crippen molar-refractivity contribution < 1.29 is 4.79 Å². The number of nitrogens with zero attached hydrogens (tertiary/aromatic N) is 3. The van der Waals surface area contributed by atoms with Gasteiger partial charge in [0.25, 0.3) is 0 Å². The lowest BCUT2D eigenvalue weighted by molar-refractivity contribution is -0.132. The Bertz CT molecular complexity index is 316. The lowest BCUT2D eigenvalue weighted by Gasteiger charge is -2.39. The predicted octanol–water partition coefficient (Wildman–Crippen LogP) is 1.91. The van der Waals surface area contributed by atoms with Crippen LogP contribution in [-0.4, -0.2) is 73.0 Å². The lowest BCUT2D eigenvalue weighted by atomic mass is 9.95. The molecule has 0 N–H and O–H groups in total. The predicted molar refractivity (Wildman–Crippen MR) is 87.3 cm³/mol. The van der Waals surface area contributed by atoms with Crippen molar-refractivity contribution in [2.75, 3.05) is 52.4 Å². The van der Waals surface area contributed by atoms with Crippen LogP contribution in [0.25, 0.3) is 0 Å². The van der Waals surface area contributed by atoms with E-state index in [-0.39, 0.29) is 0 Å². The maximum Gasteiger partial charge on any atom is 0.222 e. The van der Waals surface area contributed by atoms with Gasteiger partial charge in [-0.3, -0.25) is 4.79 Å². The molecule has 1 amide bonds. The van der Waals surface area contributed by atoms with Crippen LogP contribution in [0.4, 0.5) is 0 Å². The van der Waals surface area contributed by atoms with Crippen LogP contribution in [0, 0.1) is 11.8 Å². The van der Waals surface area contributed by atoms with Crippen LogP contribution in [-0.2, 0) is 4.79 Å². The Kier molecular flexibility index (Phi) is 6.49. The molecule has 4 heteroatoms. The summed E-state index contributed by atoms with van der Waals surface area (Å²) in [5.41, 5.74) is 0.